The third-order valence-electron chi connectivity index (χ3n) is 4.77. The van der Waals surface area contributed by atoms with Gasteiger partial charge in [-0.15, -0.1) is 0 Å². The monoisotopic (exact) mass is 337 g/mol. The molecule has 2 aromatic carbocycles. The number of nitriles is 1. The van der Waals surface area contributed by atoms with Crippen LogP contribution >= 0.6 is 11.6 Å². The summed E-state index contributed by atoms with van der Waals surface area (Å²) in [6.07, 6.45) is 1.51. The average Bonchev–Trinajstić information content (AvgIpc) is 3.05. The van der Waals surface area contributed by atoms with Crippen molar-refractivity contribution in [2.45, 2.75) is 18.3 Å². The first-order valence-corrected chi connectivity index (χ1v) is 8.36. The van der Waals surface area contributed by atoms with E-state index < -0.39 is 5.41 Å². The van der Waals surface area contributed by atoms with E-state index in [-0.39, 0.29) is 0 Å². The number of benzene rings is 2. The lowest BCUT2D eigenvalue weighted by molar-refractivity contribution is 0.398. The molecule has 0 unspecified atom stereocenters. The molecular formula is C19H16ClN3O. The fraction of sp³-hybridized carbons (Fsp3) is 0.263. The van der Waals surface area contributed by atoms with E-state index >= 15 is 0 Å². The highest BCUT2D eigenvalue weighted by atomic mass is 35.5. The first-order valence-electron chi connectivity index (χ1n) is 7.98. The van der Waals surface area contributed by atoms with Gasteiger partial charge < -0.3 is 9.32 Å². The second kappa shape index (κ2) is 5.85. The number of piperidine rings is 1. The van der Waals surface area contributed by atoms with Crippen LogP contribution in [0.4, 0.5) is 6.01 Å². The molecule has 4 nitrogen and oxygen atoms in total. The standard InChI is InChI=1S/C19H16ClN3O/c20-15-6-7-17-16(12-15)22-18(24-17)23-10-8-19(13-21,9-11-23)14-4-2-1-3-5-14/h1-7,12H,8-11H2. The van der Waals surface area contributed by atoms with Crippen molar-refractivity contribution < 1.29 is 4.42 Å². The van der Waals surface area contributed by atoms with E-state index in [1.165, 1.54) is 0 Å². The van der Waals surface area contributed by atoms with Gasteiger partial charge in [0.15, 0.2) is 5.58 Å². The topological polar surface area (TPSA) is 53.1 Å². The number of anilines is 1. The van der Waals surface area contributed by atoms with Crippen LogP contribution in [0.5, 0.6) is 0 Å². The maximum atomic E-state index is 9.77. The highest BCUT2D eigenvalue weighted by Crippen LogP contribution is 2.36. The summed E-state index contributed by atoms with van der Waals surface area (Å²) in [4.78, 5) is 6.64. The number of fused-ring (bicyclic) bond motifs is 1. The maximum Gasteiger partial charge on any atom is 0.298 e. The van der Waals surface area contributed by atoms with Crippen molar-refractivity contribution in [3.05, 3.63) is 59.1 Å². The minimum absolute atomic E-state index is 0.424. The summed E-state index contributed by atoms with van der Waals surface area (Å²) in [5.74, 6) is 0. The normalized spacial score (nSPS) is 16.9. The van der Waals surface area contributed by atoms with E-state index in [0.717, 1.165) is 42.6 Å². The summed E-state index contributed by atoms with van der Waals surface area (Å²) >= 11 is 6.01. The minimum atomic E-state index is -0.424. The summed E-state index contributed by atoms with van der Waals surface area (Å²) in [7, 11) is 0. The molecule has 4 rings (SSSR count). The van der Waals surface area contributed by atoms with Gasteiger partial charge in [0.05, 0.1) is 11.5 Å². The summed E-state index contributed by atoms with van der Waals surface area (Å²) in [5.41, 5.74) is 2.16. The number of nitrogens with zero attached hydrogens (tertiary/aromatic N) is 3. The lowest BCUT2D eigenvalue weighted by Crippen LogP contribution is -2.42. The van der Waals surface area contributed by atoms with Crippen molar-refractivity contribution in [1.29, 1.82) is 5.26 Å². The number of rotatable bonds is 2. The zero-order valence-electron chi connectivity index (χ0n) is 13.1. The van der Waals surface area contributed by atoms with Gasteiger partial charge in [0.1, 0.15) is 5.52 Å². The van der Waals surface area contributed by atoms with Crippen LogP contribution in [0, 0.1) is 11.3 Å². The van der Waals surface area contributed by atoms with Crippen LogP contribution in [0.15, 0.2) is 52.9 Å². The summed E-state index contributed by atoms with van der Waals surface area (Å²) in [5, 5.41) is 10.4. The molecule has 0 radical (unpaired) electrons. The van der Waals surface area contributed by atoms with Crippen molar-refractivity contribution in [3.8, 4) is 6.07 Å². The first-order chi connectivity index (χ1) is 11.7. The zero-order chi connectivity index (χ0) is 16.6. The molecule has 2 heterocycles. The minimum Gasteiger partial charge on any atom is -0.423 e. The average molecular weight is 338 g/mol. The molecule has 1 aliphatic rings. The Hall–Kier alpha value is -2.51. The van der Waals surface area contributed by atoms with Crippen LogP contribution in [0.25, 0.3) is 11.1 Å². The Balaban J connectivity index is 1.58. The molecule has 24 heavy (non-hydrogen) atoms. The van der Waals surface area contributed by atoms with Crippen LogP contribution in [-0.4, -0.2) is 18.1 Å². The maximum absolute atomic E-state index is 9.77. The Morgan fingerprint density at radius 2 is 1.88 bits per heavy atom. The molecule has 0 bridgehead atoms. The SMILES string of the molecule is N#CC1(c2ccccc2)CCN(c2nc3cc(Cl)ccc3o2)CC1. The van der Waals surface area contributed by atoms with E-state index in [1.54, 1.807) is 12.1 Å². The Labute approximate surface area is 145 Å². The predicted molar refractivity (Wildman–Crippen MR) is 94.2 cm³/mol. The van der Waals surface area contributed by atoms with Gasteiger partial charge in [-0.1, -0.05) is 41.9 Å². The van der Waals surface area contributed by atoms with E-state index in [4.69, 9.17) is 16.0 Å². The Morgan fingerprint density at radius 3 is 2.58 bits per heavy atom. The molecule has 0 spiro atoms. The molecule has 0 atom stereocenters. The molecule has 1 aromatic heterocycles. The fourth-order valence-electron chi connectivity index (χ4n) is 3.33. The van der Waals surface area contributed by atoms with Crippen molar-refractivity contribution in [1.82, 2.24) is 4.98 Å². The Bertz CT molecular complexity index is 905. The molecule has 5 heteroatoms. The molecular weight excluding hydrogens is 322 g/mol. The van der Waals surface area contributed by atoms with Gasteiger partial charge in [-0.25, -0.2) is 0 Å². The molecule has 3 aromatic rings. The lowest BCUT2D eigenvalue weighted by atomic mass is 9.74. The summed E-state index contributed by atoms with van der Waals surface area (Å²) in [6.45, 7) is 1.48. The molecule has 0 saturated carbocycles. The molecule has 1 saturated heterocycles. The van der Waals surface area contributed by atoms with Crippen molar-refractivity contribution in [3.63, 3.8) is 0 Å². The van der Waals surface area contributed by atoms with Crippen LogP contribution < -0.4 is 4.90 Å². The molecule has 0 amide bonds. The van der Waals surface area contributed by atoms with Gasteiger partial charge in [0.2, 0.25) is 0 Å². The van der Waals surface area contributed by atoms with Gasteiger partial charge in [-0.2, -0.15) is 10.2 Å². The lowest BCUT2D eigenvalue weighted by Gasteiger charge is -2.36. The van der Waals surface area contributed by atoms with E-state index in [0.29, 0.717) is 11.0 Å². The van der Waals surface area contributed by atoms with Crippen LogP contribution in [0.3, 0.4) is 0 Å². The van der Waals surface area contributed by atoms with Crippen LogP contribution in [-0.2, 0) is 5.41 Å². The highest BCUT2D eigenvalue weighted by Gasteiger charge is 2.37. The van der Waals surface area contributed by atoms with Crippen molar-refractivity contribution in [2.75, 3.05) is 18.0 Å². The molecule has 0 N–H and O–H groups in total. The van der Waals surface area contributed by atoms with Gasteiger partial charge >= 0.3 is 0 Å². The number of halogens is 1. The summed E-state index contributed by atoms with van der Waals surface area (Å²) < 4.78 is 5.84. The smallest absolute Gasteiger partial charge is 0.298 e. The van der Waals surface area contributed by atoms with Crippen LogP contribution in [0.1, 0.15) is 18.4 Å². The number of hydrogen-bond donors (Lipinski definition) is 0. The summed E-state index contributed by atoms with van der Waals surface area (Å²) in [6, 6.07) is 18.6. The van der Waals surface area contributed by atoms with Gasteiger partial charge in [-0.3, -0.25) is 0 Å². The second-order valence-corrected chi connectivity index (χ2v) is 6.59. The zero-order valence-corrected chi connectivity index (χ0v) is 13.8. The predicted octanol–water partition coefficient (Wildman–Crippen LogP) is 4.54. The first kappa shape index (κ1) is 15.0. The third kappa shape index (κ3) is 2.51. The molecule has 1 fully saturated rings. The van der Waals surface area contributed by atoms with Crippen molar-refractivity contribution in [2.24, 2.45) is 0 Å². The van der Waals surface area contributed by atoms with E-state index in [2.05, 4.69) is 16.0 Å². The van der Waals surface area contributed by atoms with Crippen molar-refractivity contribution >= 4 is 28.7 Å². The number of aromatic nitrogens is 1. The fourth-order valence-corrected chi connectivity index (χ4v) is 3.49. The van der Waals surface area contributed by atoms with Gasteiger partial charge in [0, 0.05) is 18.1 Å². The Morgan fingerprint density at radius 1 is 1.12 bits per heavy atom. The second-order valence-electron chi connectivity index (χ2n) is 6.16. The Kier molecular flexibility index (Phi) is 3.66. The van der Waals surface area contributed by atoms with Gasteiger partial charge in [-0.05, 0) is 36.6 Å². The third-order valence-corrected chi connectivity index (χ3v) is 5.00. The molecule has 120 valence electrons. The number of oxazole rings is 1. The van der Waals surface area contributed by atoms with Crippen LogP contribution in [0.2, 0.25) is 5.02 Å². The molecule has 0 aliphatic carbocycles. The molecule has 1 aliphatic heterocycles. The van der Waals surface area contributed by atoms with E-state index in [9.17, 15) is 5.26 Å². The van der Waals surface area contributed by atoms with Gasteiger partial charge in [0.25, 0.3) is 6.01 Å². The highest BCUT2D eigenvalue weighted by molar-refractivity contribution is 6.31. The number of hydrogen-bond acceptors (Lipinski definition) is 4. The quantitative estimate of drug-likeness (QED) is 0.688. The largest absolute Gasteiger partial charge is 0.423 e. The van der Waals surface area contributed by atoms with E-state index in [1.807, 2.05) is 36.4 Å².